The molecule has 178 valence electrons. The molecule has 2 saturated heterocycles. The maximum atomic E-state index is 12.2. The van der Waals surface area contributed by atoms with Crippen molar-refractivity contribution in [1.82, 2.24) is 20.0 Å². The number of likely N-dealkylation sites (tertiary alicyclic amines) is 1. The molecule has 0 atom stereocenters. The van der Waals surface area contributed by atoms with Crippen LogP contribution in [0.5, 0.6) is 5.75 Å². The van der Waals surface area contributed by atoms with E-state index in [1.165, 1.54) is 0 Å². The summed E-state index contributed by atoms with van der Waals surface area (Å²) in [6.07, 6.45) is 2.02. The van der Waals surface area contributed by atoms with Crippen molar-refractivity contribution in [3.8, 4) is 5.75 Å². The van der Waals surface area contributed by atoms with E-state index in [0.29, 0.717) is 13.1 Å². The van der Waals surface area contributed by atoms with E-state index in [2.05, 4.69) is 20.1 Å². The van der Waals surface area contributed by atoms with Crippen LogP contribution in [0, 0.1) is 0 Å². The smallest absolute Gasteiger partial charge is 0.410 e. The quantitative estimate of drug-likeness (QED) is 0.555. The SMILES string of the molecule is CN=C(NCCN1CCN(C(=O)OC(C)(C)C)CC1)N1CCC(Oc2ccccc2)CC1. The van der Waals surface area contributed by atoms with Crippen LogP contribution in [0.3, 0.4) is 0 Å². The van der Waals surface area contributed by atoms with E-state index in [0.717, 1.165) is 63.8 Å². The van der Waals surface area contributed by atoms with Gasteiger partial charge in [0.2, 0.25) is 0 Å². The number of para-hydroxylation sites is 1. The third kappa shape index (κ3) is 7.58. The molecule has 2 aliphatic heterocycles. The zero-order chi connectivity index (χ0) is 23.0. The van der Waals surface area contributed by atoms with Crippen LogP contribution in [0.25, 0.3) is 0 Å². The number of guanidine groups is 1. The highest BCUT2D eigenvalue weighted by atomic mass is 16.6. The molecule has 0 bridgehead atoms. The third-order valence-electron chi connectivity index (χ3n) is 5.73. The second kappa shape index (κ2) is 11.4. The Morgan fingerprint density at radius 2 is 1.69 bits per heavy atom. The molecule has 2 aliphatic rings. The molecule has 2 heterocycles. The van der Waals surface area contributed by atoms with Gasteiger partial charge in [0.05, 0.1) is 0 Å². The molecule has 8 nitrogen and oxygen atoms in total. The number of hydrogen-bond donors (Lipinski definition) is 1. The number of piperidine rings is 1. The largest absolute Gasteiger partial charge is 0.490 e. The van der Waals surface area contributed by atoms with Crippen molar-refractivity contribution in [2.24, 2.45) is 4.99 Å². The third-order valence-corrected chi connectivity index (χ3v) is 5.73. The van der Waals surface area contributed by atoms with E-state index in [1.807, 2.05) is 58.2 Å². The lowest BCUT2D eigenvalue weighted by Gasteiger charge is -2.36. The second-order valence-electron chi connectivity index (χ2n) is 9.40. The fourth-order valence-electron chi connectivity index (χ4n) is 4.02. The van der Waals surface area contributed by atoms with Crippen molar-refractivity contribution >= 4 is 12.1 Å². The molecule has 3 rings (SSSR count). The van der Waals surface area contributed by atoms with E-state index < -0.39 is 5.60 Å². The zero-order valence-corrected chi connectivity index (χ0v) is 20.0. The number of ether oxygens (including phenoxy) is 2. The van der Waals surface area contributed by atoms with Crippen LogP contribution in [0.1, 0.15) is 33.6 Å². The minimum atomic E-state index is -0.448. The number of aliphatic imine (C=N–C) groups is 1. The first-order valence-corrected chi connectivity index (χ1v) is 11.7. The number of carbonyl (C=O) groups excluding carboxylic acids is 1. The van der Waals surface area contributed by atoms with Crippen LogP contribution in [-0.2, 0) is 4.74 Å². The van der Waals surface area contributed by atoms with Gasteiger partial charge in [-0.3, -0.25) is 9.89 Å². The number of nitrogens with one attached hydrogen (secondary N) is 1. The molecule has 0 radical (unpaired) electrons. The molecule has 2 fully saturated rings. The lowest BCUT2D eigenvalue weighted by Crippen LogP contribution is -2.52. The highest BCUT2D eigenvalue weighted by molar-refractivity contribution is 5.80. The van der Waals surface area contributed by atoms with Gasteiger partial charge in [0.25, 0.3) is 0 Å². The second-order valence-corrected chi connectivity index (χ2v) is 9.40. The number of piperazine rings is 1. The Kier molecular flexibility index (Phi) is 8.61. The van der Waals surface area contributed by atoms with Crippen LogP contribution in [-0.4, -0.2) is 97.9 Å². The first-order valence-electron chi connectivity index (χ1n) is 11.7. The van der Waals surface area contributed by atoms with Gasteiger partial charge in [-0.25, -0.2) is 4.79 Å². The van der Waals surface area contributed by atoms with Crippen molar-refractivity contribution in [2.75, 3.05) is 59.4 Å². The molecule has 0 aliphatic carbocycles. The average Bonchev–Trinajstić information content (AvgIpc) is 2.77. The van der Waals surface area contributed by atoms with Gasteiger partial charge >= 0.3 is 6.09 Å². The predicted molar refractivity (Wildman–Crippen MR) is 127 cm³/mol. The Hall–Kier alpha value is -2.48. The molecule has 1 aromatic carbocycles. The van der Waals surface area contributed by atoms with Gasteiger partial charge in [-0.2, -0.15) is 0 Å². The highest BCUT2D eigenvalue weighted by Gasteiger charge is 2.26. The van der Waals surface area contributed by atoms with E-state index in [4.69, 9.17) is 9.47 Å². The van der Waals surface area contributed by atoms with Crippen molar-refractivity contribution in [3.05, 3.63) is 30.3 Å². The van der Waals surface area contributed by atoms with E-state index in [-0.39, 0.29) is 12.2 Å². The van der Waals surface area contributed by atoms with Gasteiger partial charge < -0.3 is 24.6 Å². The topological polar surface area (TPSA) is 69.6 Å². The average molecular weight is 446 g/mol. The van der Waals surface area contributed by atoms with Crippen LogP contribution >= 0.6 is 0 Å². The summed E-state index contributed by atoms with van der Waals surface area (Å²) in [5.41, 5.74) is -0.448. The van der Waals surface area contributed by atoms with Gasteiger partial charge in [-0.05, 0) is 32.9 Å². The van der Waals surface area contributed by atoms with Gasteiger partial charge in [0.15, 0.2) is 5.96 Å². The first kappa shape index (κ1) is 24.2. The molecule has 0 unspecified atom stereocenters. The summed E-state index contributed by atoms with van der Waals surface area (Å²) < 4.78 is 11.6. The number of benzene rings is 1. The Morgan fingerprint density at radius 1 is 1.03 bits per heavy atom. The zero-order valence-electron chi connectivity index (χ0n) is 20.0. The number of rotatable bonds is 5. The van der Waals surface area contributed by atoms with Crippen LogP contribution in [0.15, 0.2) is 35.3 Å². The molecule has 0 spiro atoms. The van der Waals surface area contributed by atoms with Crippen LogP contribution in [0.2, 0.25) is 0 Å². The van der Waals surface area contributed by atoms with Crippen molar-refractivity contribution in [3.63, 3.8) is 0 Å². The highest BCUT2D eigenvalue weighted by Crippen LogP contribution is 2.18. The van der Waals surface area contributed by atoms with Crippen molar-refractivity contribution in [1.29, 1.82) is 0 Å². The summed E-state index contributed by atoms with van der Waals surface area (Å²) in [6, 6.07) is 10.0. The standard InChI is InChI=1S/C24H39N5O3/c1-24(2,3)32-23(30)29-18-16-27(17-19-29)15-12-26-22(25-4)28-13-10-21(11-14-28)31-20-8-6-5-7-9-20/h5-9,21H,10-19H2,1-4H3,(H,25,26). The molecule has 32 heavy (non-hydrogen) atoms. The minimum absolute atomic E-state index is 0.213. The number of nitrogens with zero attached hydrogens (tertiary/aromatic N) is 4. The van der Waals surface area contributed by atoms with Gasteiger partial charge in [-0.15, -0.1) is 0 Å². The summed E-state index contributed by atoms with van der Waals surface area (Å²) >= 11 is 0. The summed E-state index contributed by atoms with van der Waals surface area (Å²) in [5.74, 6) is 1.90. The van der Waals surface area contributed by atoms with Crippen molar-refractivity contribution < 1.29 is 14.3 Å². The van der Waals surface area contributed by atoms with Gasteiger partial charge in [-0.1, -0.05) is 18.2 Å². The summed E-state index contributed by atoms with van der Waals surface area (Å²) in [6.45, 7) is 12.5. The van der Waals surface area contributed by atoms with E-state index >= 15 is 0 Å². The molecule has 1 N–H and O–H groups in total. The van der Waals surface area contributed by atoms with Crippen molar-refractivity contribution in [2.45, 2.75) is 45.3 Å². The maximum Gasteiger partial charge on any atom is 0.410 e. The molecular formula is C24H39N5O3. The van der Waals surface area contributed by atoms with Gasteiger partial charge in [0, 0.05) is 72.2 Å². The number of carbonyl (C=O) groups is 1. The predicted octanol–water partition coefficient (Wildman–Crippen LogP) is 2.66. The molecule has 1 aromatic rings. The van der Waals surface area contributed by atoms with E-state index in [9.17, 15) is 4.79 Å². The summed E-state index contributed by atoms with van der Waals surface area (Å²) in [4.78, 5) is 23.2. The van der Waals surface area contributed by atoms with Gasteiger partial charge in [0.1, 0.15) is 17.5 Å². The molecular weight excluding hydrogens is 406 g/mol. The van der Waals surface area contributed by atoms with E-state index in [1.54, 1.807) is 4.90 Å². The Balaban J connectivity index is 1.33. The minimum Gasteiger partial charge on any atom is -0.490 e. The van der Waals surface area contributed by atoms with Crippen LogP contribution < -0.4 is 10.1 Å². The molecule has 1 amide bonds. The van der Waals surface area contributed by atoms with Crippen LogP contribution in [0.4, 0.5) is 4.79 Å². The fourth-order valence-corrected chi connectivity index (χ4v) is 4.02. The fraction of sp³-hybridized carbons (Fsp3) is 0.667. The molecule has 0 saturated carbocycles. The lowest BCUT2D eigenvalue weighted by atomic mass is 10.1. The Labute approximate surface area is 192 Å². The molecule has 8 heteroatoms. The lowest BCUT2D eigenvalue weighted by molar-refractivity contribution is 0.0147. The number of hydrogen-bond acceptors (Lipinski definition) is 5. The molecule has 0 aromatic heterocycles. The first-order chi connectivity index (χ1) is 15.3. The number of amides is 1. The summed E-state index contributed by atoms with van der Waals surface area (Å²) in [7, 11) is 1.84. The normalized spacial score (nSPS) is 19.1. The monoisotopic (exact) mass is 445 g/mol. The Bertz CT molecular complexity index is 734. The Morgan fingerprint density at radius 3 is 2.28 bits per heavy atom. The summed E-state index contributed by atoms with van der Waals surface area (Å²) in [5, 5.41) is 3.50. The maximum absolute atomic E-state index is 12.2.